The Balaban J connectivity index is 2.17. The van der Waals surface area contributed by atoms with Gasteiger partial charge in [0.15, 0.2) is 0 Å². The fraction of sp³-hybridized carbons (Fsp3) is 0.400. The van der Waals surface area contributed by atoms with E-state index in [1.807, 2.05) is 6.07 Å². The highest BCUT2D eigenvalue weighted by Gasteiger charge is 2.42. The van der Waals surface area contributed by atoms with E-state index in [2.05, 4.69) is 5.32 Å². The second-order valence-corrected chi connectivity index (χ2v) is 4.21. The lowest BCUT2D eigenvalue weighted by molar-refractivity contribution is 0.266. The molecule has 2 rings (SSSR count). The van der Waals surface area contributed by atoms with Crippen LogP contribution in [0.5, 0.6) is 0 Å². The molecule has 0 amide bonds. The molecular weight excluding hydrogens is 200 g/mol. The molecule has 1 fully saturated rings. The first kappa shape index (κ1) is 9.62. The number of nitrogen functional groups attached to an aromatic ring is 1. The quantitative estimate of drug-likeness (QED) is 0.671. The molecule has 76 valence electrons. The van der Waals surface area contributed by atoms with E-state index in [1.165, 1.54) is 0 Å². The van der Waals surface area contributed by atoms with Crippen molar-refractivity contribution >= 4 is 23.0 Å². The third-order valence-electron chi connectivity index (χ3n) is 2.55. The number of halogens is 1. The number of aliphatic hydroxyl groups excluding tert-OH is 1. The molecule has 0 aromatic heterocycles. The molecule has 1 aliphatic carbocycles. The van der Waals surface area contributed by atoms with Gasteiger partial charge in [0.25, 0.3) is 0 Å². The number of hydrogen-bond acceptors (Lipinski definition) is 3. The zero-order chi connectivity index (χ0) is 10.2. The summed E-state index contributed by atoms with van der Waals surface area (Å²) in [7, 11) is 0. The van der Waals surface area contributed by atoms with Crippen molar-refractivity contribution in [2.75, 3.05) is 17.7 Å². The van der Waals surface area contributed by atoms with Crippen molar-refractivity contribution in [3.05, 3.63) is 23.2 Å². The Morgan fingerprint density at radius 2 is 2.21 bits per heavy atom. The Hall–Kier alpha value is -0.930. The maximum atomic E-state index is 9.13. The summed E-state index contributed by atoms with van der Waals surface area (Å²) in [5, 5.41) is 13.0. The van der Waals surface area contributed by atoms with Crippen molar-refractivity contribution in [3.8, 4) is 0 Å². The molecule has 4 heteroatoms. The average Bonchev–Trinajstić information content (AvgIpc) is 2.91. The van der Waals surface area contributed by atoms with Gasteiger partial charge >= 0.3 is 0 Å². The predicted octanol–water partition coefficient (Wildman–Crippen LogP) is 1.86. The van der Waals surface area contributed by atoms with E-state index in [4.69, 9.17) is 22.4 Å². The summed E-state index contributed by atoms with van der Waals surface area (Å²) in [6.07, 6.45) is 1.98. The molecule has 0 heterocycles. The van der Waals surface area contributed by atoms with Crippen LogP contribution in [0.4, 0.5) is 11.4 Å². The van der Waals surface area contributed by atoms with Crippen molar-refractivity contribution in [2.45, 2.75) is 18.4 Å². The number of nitrogens with two attached hydrogens (primary N) is 1. The van der Waals surface area contributed by atoms with Crippen molar-refractivity contribution in [1.29, 1.82) is 0 Å². The Kier molecular flexibility index (Phi) is 2.29. The average molecular weight is 213 g/mol. The van der Waals surface area contributed by atoms with Crippen molar-refractivity contribution in [3.63, 3.8) is 0 Å². The molecular formula is C10H13ClN2O. The van der Waals surface area contributed by atoms with Gasteiger partial charge in [0, 0.05) is 5.69 Å². The van der Waals surface area contributed by atoms with Crippen molar-refractivity contribution in [2.24, 2.45) is 0 Å². The van der Waals surface area contributed by atoms with Gasteiger partial charge in [-0.25, -0.2) is 0 Å². The van der Waals surface area contributed by atoms with E-state index >= 15 is 0 Å². The number of rotatable bonds is 3. The second-order valence-electron chi connectivity index (χ2n) is 3.80. The second kappa shape index (κ2) is 3.33. The standard InChI is InChI=1S/C10H13ClN2O/c11-8-5-7(12)1-2-9(8)13-10(6-14)3-4-10/h1-2,5,13-14H,3-4,6,12H2. The number of nitrogens with one attached hydrogen (secondary N) is 1. The summed E-state index contributed by atoms with van der Waals surface area (Å²) < 4.78 is 0. The summed E-state index contributed by atoms with van der Waals surface area (Å²) in [5.74, 6) is 0. The fourth-order valence-electron chi connectivity index (χ4n) is 1.39. The summed E-state index contributed by atoms with van der Waals surface area (Å²) >= 11 is 6.00. The van der Waals surface area contributed by atoms with Crippen LogP contribution >= 0.6 is 11.6 Å². The lowest BCUT2D eigenvalue weighted by Gasteiger charge is -2.17. The summed E-state index contributed by atoms with van der Waals surface area (Å²) in [4.78, 5) is 0. The van der Waals surface area contributed by atoms with Gasteiger partial charge in [-0.05, 0) is 31.0 Å². The van der Waals surface area contributed by atoms with Gasteiger partial charge in [0.1, 0.15) is 0 Å². The molecule has 14 heavy (non-hydrogen) atoms. The molecule has 3 nitrogen and oxygen atoms in total. The first-order valence-electron chi connectivity index (χ1n) is 4.59. The molecule has 0 unspecified atom stereocenters. The summed E-state index contributed by atoms with van der Waals surface area (Å²) in [6.45, 7) is 0.147. The van der Waals surface area contributed by atoms with Gasteiger partial charge in [-0.1, -0.05) is 11.6 Å². The van der Waals surface area contributed by atoms with E-state index < -0.39 is 0 Å². The smallest absolute Gasteiger partial charge is 0.0661 e. The number of aliphatic hydroxyl groups is 1. The van der Waals surface area contributed by atoms with E-state index in [9.17, 15) is 0 Å². The van der Waals surface area contributed by atoms with Crippen LogP contribution in [0.25, 0.3) is 0 Å². The van der Waals surface area contributed by atoms with Crippen LogP contribution in [0.3, 0.4) is 0 Å². The number of hydrogen-bond donors (Lipinski definition) is 3. The Bertz CT molecular complexity index is 350. The highest BCUT2D eigenvalue weighted by atomic mass is 35.5. The van der Waals surface area contributed by atoms with Gasteiger partial charge < -0.3 is 16.2 Å². The van der Waals surface area contributed by atoms with Gasteiger partial charge in [0.2, 0.25) is 0 Å². The van der Waals surface area contributed by atoms with Crippen molar-refractivity contribution < 1.29 is 5.11 Å². The molecule has 0 aliphatic heterocycles. The highest BCUT2D eigenvalue weighted by Crippen LogP contribution is 2.40. The zero-order valence-corrected chi connectivity index (χ0v) is 8.51. The third-order valence-corrected chi connectivity index (χ3v) is 2.86. The normalized spacial score (nSPS) is 17.9. The van der Waals surface area contributed by atoms with Crippen LogP contribution in [-0.4, -0.2) is 17.3 Å². The monoisotopic (exact) mass is 212 g/mol. The molecule has 4 N–H and O–H groups in total. The molecule has 1 aromatic carbocycles. The Labute approximate surface area is 87.9 Å². The topological polar surface area (TPSA) is 58.3 Å². The van der Waals surface area contributed by atoms with Crippen molar-refractivity contribution in [1.82, 2.24) is 0 Å². The minimum absolute atomic E-state index is 0.139. The van der Waals surface area contributed by atoms with Crippen LogP contribution in [0.2, 0.25) is 5.02 Å². The first-order valence-corrected chi connectivity index (χ1v) is 4.97. The van der Waals surface area contributed by atoms with Crippen LogP contribution in [0.15, 0.2) is 18.2 Å². The molecule has 0 radical (unpaired) electrons. The largest absolute Gasteiger partial charge is 0.399 e. The minimum atomic E-state index is -0.139. The van der Waals surface area contributed by atoms with E-state index in [0.717, 1.165) is 18.5 Å². The predicted molar refractivity (Wildman–Crippen MR) is 58.5 cm³/mol. The molecule has 1 saturated carbocycles. The Morgan fingerprint density at radius 1 is 1.50 bits per heavy atom. The lowest BCUT2D eigenvalue weighted by Crippen LogP contribution is -2.25. The number of anilines is 2. The maximum absolute atomic E-state index is 9.13. The van der Waals surface area contributed by atoms with Gasteiger partial charge in [-0.15, -0.1) is 0 Å². The van der Waals surface area contributed by atoms with Gasteiger partial charge in [-0.3, -0.25) is 0 Å². The lowest BCUT2D eigenvalue weighted by atomic mass is 10.2. The van der Waals surface area contributed by atoms with Gasteiger partial charge in [0.05, 0.1) is 22.9 Å². The third kappa shape index (κ3) is 1.79. The van der Waals surface area contributed by atoms with E-state index in [0.29, 0.717) is 10.7 Å². The molecule has 0 saturated heterocycles. The molecule has 1 aliphatic rings. The number of benzene rings is 1. The van der Waals surface area contributed by atoms with E-state index in [-0.39, 0.29) is 12.1 Å². The fourth-order valence-corrected chi connectivity index (χ4v) is 1.63. The SMILES string of the molecule is Nc1ccc(NC2(CO)CC2)c(Cl)c1. The highest BCUT2D eigenvalue weighted by molar-refractivity contribution is 6.33. The molecule has 0 atom stereocenters. The van der Waals surface area contributed by atoms with Crippen LogP contribution < -0.4 is 11.1 Å². The zero-order valence-electron chi connectivity index (χ0n) is 7.76. The summed E-state index contributed by atoms with van der Waals surface area (Å²) in [5.41, 5.74) is 6.93. The van der Waals surface area contributed by atoms with E-state index in [1.54, 1.807) is 12.1 Å². The van der Waals surface area contributed by atoms with Crippen LogP contribution in [0.1, 0.15) is 12.8 Å². The Morgan fingerprint density at radius 3 is 2.71 bits per heavy atom. The van der Waals surface area contributed by atoms with Gasteiger partial charge in [-0.2, -0.15) is 0 Å². The van der Waals surface area contributed by atoms with Crippen LogP contribution in [-0.2, 0) is 0 Å². The molecule has 0 spiro atoms. The maximum Gasteiger partial charge on any atom is 0.0661 e. The van der Waals surface area contributed by atoms with Crippen LogP contribution in [0, 0.1) is 0 Å². The summed E-state index contributed by atoms with van der Waals surface area (Å²) in [6, 6.07) is 5.34. The molecule has 0 bridgehead atoms. The molecule has 1 aromatic rings. The minimum Gasteiger partial charge on any atom is -0.399 e. The first-order chi connectivity index (χ1) is 6.65.